The van der Waals surface area contributed by atoms with Crippen LogP contribution >= 0.6 is 11.6 Å². The Morgan fingerprint density at radius 2 is 1.68 bits per heavy atom. The van der Waals surface area contributed by atoms with Gasteiger partial charge in [0.2, 0.25) is 0 Å². The molecule has 0 atom stereocenters. The maximum Gasteiger partial charge on any atom is 0.356 e. The summed E-state index contributed by atoms with van der Waals surface area (Å²) < 4.78 is 10.1. The van der Waals surface area contributed by atoms with Crippen LogP contribution in [0.25, 0.3) is 0 Å². The van der Waals surface area contributed by atoms with E-state index in [1.54, 1.807) is 31.2 Å². The molecule has 0 heterocycles. The first-order chi connectivity index (χ1) is 13.4. The van der Waals surface area contributed by atoms with Crippen molar-refractivity contribution in [3.63, 3.8) is 0 Å². The van der Waals surface area contributed by atoms with E-state index in [9.17, 15) is 9.59 Å². The Bertz CT molecular complexity index is 888. The molecule has 2 aromatic carbocycles. The predicted octanol–water partition coefficient (Wildman–Crippen LogP) is 3.99. The number of ether oxygens (including phenoxy) is 2. The zero-order chi connectivity index (χ0) is 20.5. The van der Waals surface area contributed by atoms with E-state index in [2.05, 4.69) is 10.5 Å². The monoisotopic (exact) mass is 400 g/mol. The number of rotatable bonds is 8. The second-order valence-corrected chi connectivity index (χ2v) is 6.12. The molecule has 0 aliphatic heterocycles. The van der Waals surface area contributed by atoms with Crippen molar-refractivity contribution < 1.29 is 19.1 Å². The third-order valence-electron chi connectivity index (χ3n) is 3.74. The number of halogens is 1. The van der Waals surface area contributed by atoms with Crippen LogP contribution < -0.4 is 10.2 Å². The van der Waals surface area contributed by atoms with Crippen LogP contribution in [0.4, 0.5) is 0 Å². The third-order valence-corrected chi connectivity index (χ3v) is 3.99. The van der Waals surface area contributed by atoms with E-state index in [0.29, 0.717) is 22.9 Å². The van der Waals surface area contributed by atoms with Crippen LogP contribution in [0.15, 0.2) is 65.4 Å². The lowest BCUT2D eigenvalue weighted by atomic mass is 10.1. The quantitative estimate of drug-likeness (QED) is 0.238. The van der Waals surface area contributed by atoms with Gasteiger partial charge >= 0.3 is 5.97 Å². The van der Waals surface area contributed by atoms with E-state index in [0.717, 1.165) is 17.4 Å². The molecule has 0 unspecified atom stereocenters. The highest BCUT2D eigenvalue weighted by molar-refractivity contribution is 6.30. The summed E-state index contributed by atoms with van der Waals surface area (Å²) in [7, 11) is 1.23. The number of nitrogens with zero attached hydrogens (tertiary/aromatic N) is 1. The van der Waals surface area contributed by atoms with Gasteiger partial charge in [0, 0.05) is 16.7 Å². The van der Waals surface area contributed by atoms with Crippen molar-refractivity contribution in [2.75, 3.05) is 13.7 Å². The summed E-state index contributed by atoms with van der Waals surface area (Å²) in [5.74, 6) is -0.320. The van der Waals surface area contributed by atoms with Gasteiger partial charge in [0.05, 0.1) is 19.4 Å². The van der Waals surface area contributed by atoms with Crippen molar-refractivity contribution >= 4 is 29.1 Å². The van der Waals surface area contributed by atoms with E-state index >= 15 is 0 Å². The van der Waals surface area contributed by atoms with Crippen molar-refractivity contribution in [3.8, 4) is 5.75 Å². The summed E-state index contributed by atoms with van der Waals surface area (Å²) in [4.78, 5) is 24.4. The fraction of sp³-hybridized carbons (Fsp3) is 0.190. The Morgan fingerprint density at radius 3 is 2.25 bits per heavy atom. The number of nitrogens with one attached hydrogen (secondary N) is 1. The number of allylic oxidation sites excluding steroid dienone is 1. The molecule has 6 nitrogen and oxygen atoms in total. The molecule has 1 N–H and O–H groups in total. The standard InChI is InChI=1S/C21H21ClN2O4/c1-4-28-18-11-7-15(8-12-18)14(2)23-24-19(21(26)27-3)13-20(25)16-5-9-17(22)10-6-16/h5-13,24H,4H2,1-3H3/b19-13-,23-14+. The molecule has 0 fully saturated rings. The van der Waals surface area contributed by atoms with Crippen LogP contribution in [0.5, 0.6) is 5.75 Å². The first-order valence-corrected chi connectivity index (χ1v) is 8.95. The van der Waals surface area contributed by atoms with Gasteiger partial charge in [0.1, 0.15) is 11.4 Å². The van der Waals surface area contributed by atoms with E-state index in [4.69, 9.17) is 21.1 Å². The molecule has 0 saturated carbocycles. The fourth-order valence-corrected chi connectivity index (χ4v) is 2.37. The number of hydrogen-bond acceptors (Lipinski definition) is 6. The first kappa shape index (κ1) is 21.2. The average molecular weight is 401 g/mol. The minimum atomic E-state index is -0.703. The zero-order valence-electron chi connectivity index (χ0n) is 15.9. The Labute approximate surface area is 168 Å². The van der Waals surface area contributed by atoms with Crippen molar-refractivity contribution in [2.45, 2.75) is 13.8 Å². The Morgan fingerprint density at radius 1 is 1.07 bits per heavy atom. The second kappa shape index (κ2) is 10.3. The fourth-order valence-electron chi connectivity index (χ4n) is 2.24. The number of ketones is 1. The van der Waals surface area contributed by atoms with Crippen molar-refractivity contribution in [1.29, 1.82) is 0 Å². The maximum atomic E-state index is 12.4. The van der Waals surface area contributed by atoms with Gasteiger partial charge < -0.3 is 9.47 Å². The smallest absolute Gasteiger partial charge is 0.356 e. The summed E-state index contributed by atoms with van der Waals surface area (Å²) in [6, 6.07) is 13.7. The Balaban J connectivity index is 2.19. The van der Waals surface area contributed by atoms with E-state index in [1.807, 2.05) is 31.2 Å². The van der Waals surface area contributed by atoms with Gasteiger partial charge in [-0.25, -0.2) is 4.79 Å². The molecule has 146 valence electrons. The topological polar surface area (TPSA) is 77.0 Å². The highest BCUT2D eigenvalue weighted by Crippen LogP contribution is 2.13. The average Bonchev–Trinajstić information content (AvgIpc) is 2.71. The zero-order valence-corrected chi connectivity index (χ0v) is 16.6. The molecular formula is C21H21ClN2O4. The van der Waals surface area contributed by atoms with E-state index in [-0.39, 0.29) is 11.5 Å². The molecule has 0 saturated heterocycles. The van der Waals surface area contributed by atoms with Crippen molar-refractivity contribution in [2.24, 2.45) is 5.10 Å². The SMILES string of the molecule is CCOc1ccc(/C(C)=N/N/C(=C\C(=O)c2ccc(Cl)cc2)C(=O)OC)cc1. The largest absolute Gasteiger partial charge is 0.494 e. The molecule has 0 radical (unpaired) electrons. The first-order valence-electron chi connectivity index (χ1n) is 8.58. The van der Waals surface area contributed by atoms with Crippen LogP contribution in [0.1, 0.15) is 29.8 Å². The number of methoxy groups -OCH3 is 1. The normalized spacial score (nSPS) is 11.7. The number of esters is 1. The molecule has 2 aromatic rings. The summed E-state index contributed by atoms with van der Waals surface area (Å²) in [6.07, 6.45) is 1.14. The second-order valence-electron chi connectivity index (χ2n) is 5.69. The summed E-state index contributed by atoms with van der Waals surface area (Å²) in [5, 5.41) is 4.70. The number of hydrogen-bond donors (Lipinski definition) is 1. The summed E-state index contributed by atoms with van der Waals surface area (Å²) >= 11 is 5.83. The summed E-state index contributed by atoms with van der Waals surface area (Å²) in [6.45, 7) is 4.28. The van der Waals surface area contributed by atoms with Gasteiger partial charge in [0.25, 0.3) is 0 Å². The lowest BCUT2D eigenvalue weighted by molar-refractivity contribution is -0.136. The Kier molecular flexibility index (Phi) is 7.77. The number of benzene rings is 2. The third kappa shape index (κ3) is 5.96. The van der Waals surface area contributed by atoms with Crippen LogP contribution in [0.3, 0.4) is 0 Å². The predicted molar refractivity (Wildman–Crippen MR) is 109 cm³/mol. The molecule has 0 bridgehead atoms. The minimum absolute atomic E-state index is 0.0762. The van der Waals surface area contributed by atoms with Gasteiger partial charge in [-0.1, -0.05) is 11.6 Å². The Hall–Kier alpha value is -3.12. The number of carbonyl (C=O) groups excluding carboxylic acids is 2. The van der Waals surface area contributed by atoms with Crippen molar-refractivity contribution in [3.05, 3.63) is 76.5 Å². The van der Waals surface area contributed by atoms with Crippen LogP contribution in [-0.2, 0) is 9.53 Å². The molecule has 0 aliphatic rings. The molecule has 7 heteroatoms. The van der Waals surface area contributed by atoms with Crippen LogP contribution in [-0.4, -0.2) is 31.2 Å². The van der Waals surface area contributed by atoms with Gasteiger partial charge in [-0.05, 0) is 67.9 Å². The highest BCUT2D eigenvalue weighted by atomic mass is 35.5. The number of carbonyl (C=O) groups is 2. The molecule has 0 spiro atoms. The maximum absolute atomic E-state index is 12.4. The summed E-state index contributed by atoms with van der Waals surface area (Å²) in [5.41, 5.74) is 4.39. The lowest BCUT2D eigenvalue weighted by Gasteiger charge is -2.08. The van der Waals surface area contributed by atoms with Crippen LogP contribution in [0, 0.1) is 0 Å². The number of hydrazone groups is 1. The van der Waals surface area contributed by atoms with Gasteiger partial charge in [-0.2, -0.15) is 5.10 Å². The van der Waals surface area contributed by atoms with Gasteiger partial charge in [-0.3, -0.25) is 10.2 Å². The highest BCUT2D eigenvalue weighted by Gasteiger charge is 2.13. The molecule has 0 amide bonds. The molecule has 0 aliphatic carbocycles. The van der Waals surface area contributed by atoms with E-state index in [1.165, 1.54) is 7.11 Å². The minimum Gasteiger partial charge on any atom is -0.494 e. The molecule has 2 rings (SSSR count). The molecule has 0 aromatic heterocycles. The molecular weight excluding hydrogens is 380 g/mol. The van der Waals surface area contributed by atoms with Crippen LogP contribution in [0.2, 0.25) is 5.02 Å². The lowest BCUT2D eigenvalue weighted by Crippen LogP contribution is -2.20. The van der Waals surface area contributed by atoms with Crippen molar-refractivity contribution in [1.82, 2.24) is 5.43 Å². The van der Waals surface area contributed by atoms with Gasteiger partial charge in [0.15, 0.2) is 5.78 Å². The van der Waals surface area contributed by atoms with Gasteiger partial charge in [-0.15, -0.1) is 0 Å². The van der Waals surface area contributed by atoms with E-state index < -0.39 is 5.97 Å². The molecule has 28 heavy (non-hydrogen) atoms.